The Morgan fingerprint density at radius 2 is 2.29 bits per heavy atom. The molecule has 14 heavy (non-hydrogen) atoms. The van der Waals surface area contributed by atoms with Gasteiger partial charge < -0.3 is 5.32 Å². The minimum atomic E-state index is 0.859. The lowest BCUT2D eigenvalue weighted by Gasteiger charge is -2.33. The van der Waals surface area contributed by atoms with Crippen molar-refractivity contribution >= 4 is 5.82 Å². The summed E-state index contributed by atoms with van der Waals surface area (Å²) < 4.78 is 0. The van der Waals surface area contributed by atoms with Gasteiger partial charge in [0.2, 0.25) is 0 Å². The fourth-order valence-electron chi connectivity index (χ4n) is 1.85. The first-order chi connectivity index (χ1) is 6.75. The third-order valence-electron chi connectivity index (χ3n) is 3.25. The van der Waals surface area contributed by atoms with Gasteiger partial charge in [-0.2, -0.15) is 0 Å². The van der Waals surface area contributed by atoms with E-state index >= 15 is 0 Å². The molecule has 0 aliphatic heterocycles. The van der Waals surface area contributed by atoms with Gasteiger partial charge in [0, 0.05) is 12.7 Å². The van der Waals surface area contributed by atoms with Gasteiger partial charge in [0.05, 0.1) is 0 Å². The lowest BCUT2D eigenvalue weighted by atomic mass is 9.75. The molecule has 1 aromatic heterocycles. The highest BCUT2D eigenvalue weighted by molar-refractivity contribution is 5.35. The predicted molar refractivity (Wildman–Crippen MR) is 59.4 cm³/mol. The van der Waals surface area contributed by atoms with E-state index in [1.165, 1.54) is 18.4 Å². The highest BCUT2D eigenvalue weighted by Crippen LogP contribution is 2.33. The highest BCUT2D eigenvalue weighted by Gasteiger charge is 2.25. The molecular formula is C12H18N2. The molecule has 1 aliphatic carbocycles. The number of nitrogens with zero attached hydrogens (tertiary/aromatic N) is 1. The molecule has 1 aliphatic rings. The van der Waals surface area contributed by atoms with E-state index in [0.717, 1.165) is 24.2 Å². The maximum Gasteiger partial charge on any atom is 0.125 e. The van der Waals surface area contributed by atoms with Gasteiger partial charge in [0.25, 0.3) is 0 Å². The molecule has 0 saturated heterocycles. The van der Waals surface area contributed by atoms with E-state index in [2.05, 4.69) is 36.3 Å². The van der Waals surface area contributed by atoms with Gasteiger partial charge in [-0.05, 0) is 36.8 Å². The van der Waals surface area contributed by atoms with E-state index in [1.54, 1.807) is 0 Å². The molecule has 1 saturated carbocycles. The van der Waals surface area contributed by atoms with Crippen molar-refractivity contribution < 1.29 is 0 Å². The first kappa shape index (κ1) is 9.50. The van der Waals surface area contributed by atoms with E-state index in [0.29, 0.717) is 0 Å². The van der Waals surface area contributed by atoms with E-state index < -0.39 is 0 Å². The van der Waals surface area contributed by atoms with Crippen LogP contribution in [-0.4, -0.2) is 11.5 Å². The molecule has 2 heteroatoms. The molecule has 0 bridgehead atoms. The van der Waals surface area contributed by atoms with Crippen LogP contribution in [0.5, 0.6) is 0 Å². The molecule has 0 amide bonds. The molecule has 0 unspecified atom stereocenters. The van der Waals surface area contributed by atoms with Crippen LogP contribution in [0.4, 0.5) is 5.82 Å². The van der Waals surface area contributed by atoms with E-state index in [9.17, 15) is 0 Å². The van der Waals surface area contributed by atoms with E-state index in [-0.39, 0.29) is 0 Å². The monoisotopic (exact) mass is 190 g/mol. The number of nitrogens with one attached hydrogen (secondary N) is 1. The van der Waals surface area contributed by atoms with Crippen LogP contribution in [0.1, 0.15) is 25.3 Å². The molecule has 2 nitrogen and oxygen atoms in total. The van der Waals surface area contributed by atoms with Gasteiger partial charge in [0.1, 0.15) is 5.82 Å². The van der Waals surface area contributed by atoms with Gasteiger partial charge >= 0.3 is 0 Å². The van der Waals surface area contributed by atoms with Crippen LogP contribution in [0.3, 0.4) is 0 Å². The molecular weight excluding hydrogens is 172 g/mol. The third-order valence-corrected chi connectivity index (χ3v) is 3.25. The molecule has 1 heterocycles. The Labute approximate surface area is 85.7 Å². The van der Waals surface area contributed by atoms with Crippen molar-refractivity contribution in [2.24, 2.45) is 11.8 Å². The minimum Gasteiger partial charge on any atom is -0.370 e. The quantitative estimate of drug-likeness (QED) is 0.792. The maximum atomic E-state index is 4.32. The van der Waals surface area contributed by atoms with Crippen LogP contribution in [0.2, 0.25) is 0 Å². The summed E-state index contributed by atoms with van der Waals surface area (Å²) in [5.74, 6) is 2.76. The maximum absolute atomic E-state index is 4.32. The second-order valence-corrected chi connectivity index (χ2v) is 4.42. The van der Waals surface area contributed by atoms with Crippen LogP contribution in [0, 0.1) is 18.8 Å². The average molecular weight is 190 g/mol. The number of aromatic nitrogens is 1. The second-order valence-electron chi connectivity index (χ2n) is 4.42. The molecule has 0 radical (unpaired) electrons. The smallest absolute Gasteiger partial charge is 0.125 e. The van der Waals surface area contributed by atoms with Crippen LogP contribution >= 0.6 is 0 Å². The fourth-order valence-corrected chi connectivity index (χ4v) is 1.85. The minimum absolute atomic E-state index is 0.859. The summed E-state index contributed by atoms with van der Waals surface area (Å²) >= 11 is 0. The molecule has 2 rings (SSSR count). The zero-order valence-corrected chi connectivity index (χ0v) is 8.96. The summed E-state index contributed by atoms with van der Waals surface area (Å²) in [5, 5.41) is 3.39. The SMILES string of the molecule is Cc1ccc(NC[C@@H]2CC[C@@H]2C)nc1. The van der Waals surface area contributed by atoms with Crippen LogP contribution in [0.15, 0.2) is 18.3 Å². The van der Waals surface area contributed by atoms with Crippen LogP contribution in [-0.2, 0) is 0 Å². The number of hydrogen-bond acceptors (Lipinski definition) is 2. The number of aryl methyl sites for hydroxylation is 1. The molecule has 2 atom stereocenters. The van der Waals surface area contributed by atoms with Gasteiger partial charge in [-0.15, -0.1) is 0 Å². The summed E-state index contributed by atoms with van der Waals surface area (Å²) in [4.78, 5) is 4.32. The Morgan fingerprint density at radius 3 is 2.79 bits per heavy atom. The Bertz CT molecular complexity index is 292. The number of anilines is 1. The number of hydrogen-bond donors (Lipinski definition) is 1. The summed E-state index contributed by atoms with van der Waals surface area (Å²) in [7, 11) is 0. The second kappa shape index (κ2) is 3.99. The van der Waals surface area contributed by atoms with Gasteiger partial charge in [-0.25, -0.2) is 4.98 Å². The molecule has 1 N–H and O–H groups in total. The first-order valence-electron chi connectivity index (χ1n) is 5.42. The Balaban J connectivity index is 1.83. The van der Waals surface area contributed by atoms with E-state index in [1.807, 2.05) is 6.20 Å². The summed E-state index contributed by atoms with van der Waals surface area (Å²) in [6, 6.07) is 4.15. The topological polar surface area (TPSA) is 24.9 Å². The van der Waals surface area contributed by atoms with Gasteiger partial charge in [-0.1, -0.05) is 19.4 Å². The normalized spacial score (nSPS) is 25.6. The standard InChI is InChI=1S/C12H18N2/c1-9-3-6-12(13-7-9)14-8-11-5-4-10(11)2/h3,6-7,10-11H,4-5,8H2,1-2H3,(H,13,14)/t10-,11-/m0/s1. The Kier molecular flexibility index (Phi) is 2.71. The van der Waals surface area contributed by atoms with Crippen molar-refractivity contribution in [3.8, 4) is 0 Å². The molecule has 1 aromatic rings. The molecule has 0 spiro atoms. The summed E-state index contributed by atoms with van der Waals surface area (Å²) in [6.07, 6.45) is 4.68. The largest absolute Gasteiger partial charge is 0.370 e. The zero-order chi connectivity index (χ0) is 9.97. The van der Waals surface area contributed by atoms with Crippen LogP contribution < -0.4 is 5.32 Å². The molecule has 76 valence electrons. The van der Waals surface area contributed by atoms with Crippen molar-refractivity contribution in [1.82, 2.24) is 4.98 Å². The third kappa shape index (κ3) is 2.06. The van der Waals surface area contributed by atoms with Crippen molar-refractivity contribution in [3.63, 3.8) is 0 Å². The Morgan fingerprint density at radius 1 is 1.43 bits per heavy atom. The summed E-state index contributed by atoms with van der Waals surface area (Å²) in [6.45, 7) is 5.47. The van der Waals surface area contributed by atoms with Crippen molar-refractivity contribution in [1.29, 1.82) is 0 Å². The van der Waals surface area contributed by atoms with Gasteiger partial charge in [0.15, 0.2) is 0 Å². The van der Waals surface area contributed by atoms with Crippen molar-refractivity contribution in [3.05, 3.63) is 23.9 Å². The number of pyridine rings is 1. The number of rotatable bonds is 3. The fraction of sp³-hybridized carbons (Fsp3) is 0.583. The average Bonchev–Trinajstić information content (AvgIpc) is 2.19. The molecule has 1 fully saturated rings. The van der Waals surface area contributed by atoms with Gasteiger partial charge in [-0.3, -0.25) is 0 Å². The van der Waals surface area contributed by atoms with Crippen LogP contribution in [0.25, 0.3) is 0 Å². The first-order valence-corrected chi connectivity index (χ1v) is 5.42. The Hall–Kier alpha value is -1.05. The van der Waals surface area contributed by atoms with Crippen molar-refractivity contribution in [2.75, 3.05) is 11.9 Å². The summed E-state index contributed by atoms with van der Waals surface area (Å²) in [5.41, 5.74) is 1.22. The predicted octanol–water partition coefficient (Wildman–Crippen LogP) is 2.85. The highest BCUT2D eigenvalue weighted by atomic mass is 15.0. The van der Waals surface area contributed by atoms with Crippen molar-refractivity contribution in [2.45, 2.75) is 26.7 Å². The van der Waals surface area contributed by atoms with E-state index in [4.69, 9.17) is 0 Å². The lowest BCUT2D eigenvalue weighted by Crippen LogP contribution is -2.29. The lowest BCUT2D eigenvalue weighted by molar-refractivity contribution is 0.210. The zero-order valence-electron chi connectivity index (χ0n) is 8.96. The molecule has 0 aromatic carbocycles.